The summed E-state index contributed by atoms with van der Waals surface area (Å²) in [6.45, 7) is 12.0. The molecule has 0 saturated heterocycles. The van der Waals surface area contributed by atoms with Crippen LogP contribution in [0.4, 0.5) is 0 Å². The van der Waals surface area contributed by atoms with Crippen LogP contribution in [0.25, 0.3) is 0 Å². The maximum Gasteiger partial charge on any atom is 0.0483 e. The Kier molecular flexibility index (Phi) is 7.36. The van der Waals surface area contributed by atoms with Crippen LogP contribution < -0.4 is 0 Å². The van der Waals surface area contributed by atoms with Crippen molar-refractivity contribution >= 4 is 17.5 Å². The van der Waals surface area contributed by atoms with Gasteiger partial charge in [-0.2, -0.15) is 11.8 Å². The summed E-state index contributed by atoms with van der Waals surface area (Å²) in [5.74, 6) is 2.41. The molecule has 0 saturated carbocycles. The molecule has 0 radical (unpaired) electrons. The summed E-state index contributed by atoms with van der Waals surface area (Å²) in [4.78, 5) is 4.68. The topological polar surface area (TPSA) is 12.4 Å². The molecule has 0 aliphatic heterocycles. The molecule has 20 heavy (non-hydrogen) atoms. The first-order valence-electron chi connectivity index (χ1n) is 7.65. The maximum absolute atomic E-state index is 4.68. The van der Waals surface area contributed by atoms with E-state index < -0.39 is 0 Å². The fourth-order valence-corrected chi connectivity index (χ4v) is 2.85. The second-order valence-corrected chi connectivity index (χ2v) is 7.49. The Morgan fingerprint density at radius 3 is 2.30 bits per heavy atom. The average molecular weight is 292 g/mol. The van der Waals surface area contributed by atoms with Gasteiger partial charge in [0.15, 0.2) is 0 Å². The minimum Gasteiger partial charge on any atom is -0.289 e. The van der Waals surface area contributed by atoms with Gasteiger partial charge in [0.25, 0.3) is 0 Å². The molecule has 0 N–H and O–H groups in total. The normalized spacial score (nSPS) is 12.8. The number of hydrogen-bond donors (Lipinski definition) is 0. The third-order valence-corrected chi connectivity index (χ3v) is 4.44. The van der Waals surface area contributed by atoms with Gasteiger partial charge >= 0.3 is 0 Å². The second kappa shape index (κ2) is 8.51. The third kappa shape index (κ3) is 6.13. The highest BCUT2D eigenvalue weighted by Crippen LogP contribution is 2.22. The van der Waals surface area contributed by atoms with Crippen LogP contribution in [-0.2, 0) is 5.41 Å². The minimum atomic E-state index is 0.222. The van der Waals surface area contributed by atoms with Gasteiger partial charge in [0.05, 0.1) is 0 Å². The third-order valence-electron chi connectivity index (χ3n) is 3.40. The number of unbranched alkanes of at least 4 members (excludes halogenated alkanes) is 1. The van der Waals surface area contributed by atoms with E-state index in [0.29, 0.717) is 0 Å². The summed E-state index contributed by atoms with van der Waals surface area (Å²) in [6.07, 6.45) is 2.61. The van der Waals surface area contributed by atoms with Crippen molar-refractivity contribution < 1.29 is 0 Å². The Morgan fingerprint density at radius 2 is 1.75 bits per heavy atom. The fourth-order valence-electron chi connectivity index (χ4n) is 1.93. The lowest BCUT2D eigenvalue weighted by atomic mass is 9.86. The van der Waals surface area contributed by atoms with Crippen molar-refractivity contribution in [2.75, 3.05) is 18.1 Å². The van der Waals surface area contributed by atoms with Gasteiger partial charge in [0, 0.05) is 18.0 Å². The van der Waals surface area contributed by atoms with E-state index in [4.69, 9.17) is 0 Å². The molecule has 0 amide bonds. The Balaban J connectivity index is 2.48. The highest BCUT2D eigenvalue weighted by Gasteiger charge is 2.12. The molecular formula is C18H29NS. The Bertz CT molecular complexity index is 412. The number of thioether (sulfide) groups is 1. The van der Waals surface area contributed by atoms with Crippen LogP contribution in [0.1, 0.15) is 58.6 Å². The first-order valence-corrected chi connectivity index (χ1v) is 8.80. The molecule has 0 atom stereocenters. The molecule has 0 spiro atoms. The van der Waals surface area contributed by atoms with Gasteiger partial charge in [-0.1, -0.05) is 58.4 Å². The smallest absolute Gasteiger partial charge is 0.0483 e. The van der Waals surface area contributed by atoms with Crippen LogP contribution in [-0.4, -0.2) is 23.8 Å². The van der Waals surface area contributed by atoms with Crippen LogP contribution in [0.2, 0.25) is 0 Å². The van der Waals surface area contributed by atoms with Crippen LogP contribution >= 0.6 is 11.8 Å². The van der Waals surface area contributed by atoms with E-state index in [1.165, 1.54) is 29.7 Å². The molecule has 0 unspecified atom stereocenters. The van der Waals surface area contributed by atoms with E-state index in [1.807, 2.05) is 11.8 Å². The van der Waals surface area contributed by atoms with E-state index in [1.54, 1.807) is 0 Å². The summed E-state index contributed by atoms with van der Waals surface area (Å²) < 4.78 is 0. The largest absolute Gasteiger partial charge is 0.289 e. The molecule has 2 heteroatoms. The van der Waals surface area contributed by atoms with Crippen molar-refractivity contribution in [3.05, 3.63) is 35.4 Å². The number of hydrogen-bond acceptors (Lipinski definition) is 2. The Hall–Kier alpha value is -0.760. The molecule has 0 aliphatic carbocycles. The molecular weight excluding hydrogens is 262 g/mol. The van der Waals surface area contributed by atoms with Crippen molar-refractivity contribution in [2.24, 2.45) is 4.99 Å². The lowest BCUT2D eigenvalue weighted by molar-refractivity contribution is 0.590. The zero-order valence-electron chi connectivity index (χ0n) is 13.7. The quantitative estimate of drug-likeness (QED) is 0.489. The molecule has 0 heterocycles. The summed E-state index contributed by atoms with van der Waals surface area (Å²) in [7, 11) is 0. The van der Waals surface area contributed by atoms with Gasteiger partial charge < -0.3 is 0 Å². The Labute approximate surface area is 129 Å². The predicted molar refractivity (Wildman–Crippen MR) is 94.5 cm³/mol. The molecule has 112 valence electrons. The zero-order chi connectivity index (χ0) is 15.0. The van der Waals surface area contributed by atoms with Crippen molar-refractivity contribution in [2.45, 2.75) is 52.9 Å². The molecule has 1 aromatic rings. The SMILES string of the molecule is CCCCSCCN=C(C)c1ccc(C(C)(C)C)cc1. The van der Waals surface area contributed by atoms with Gasteiger partial charge in [0.2, 0.25) is 0 Å². The molecule has 0 bridgehead atoms. The lowest BCUT2D eigenvalue weighted by Gasteiger charge is -2.19. The predicted octanol–water partition coefficient (Wildman–Crippen LogP) is 5.33. The maximum atomic E-state index is 4.68. The molecule has 0 aliphatic rings. The Morgan fingerprint density at radius 1 is 1.10 bits per heavy atom. The van der Waals surface area contributed by atoms with E-state index in [9.17, 15) is 0 Å². The van der Waals surface area contributed by atoms with Gasteiger partial charge in [-0.15, -0.1) is 0 Å². The van der Waals surface area contributed by atoms with Crippen LogP contribution in [0.3, 0.4) is 0 Å². The van der Waals surface area contributed by atoms with Gasteiger partial charge in [0.1, 0.15) is 0 Å². The summed E-state index contributed by atoms with van der Waals surface area (Å²) >= 11 is 2.01. The number of benzene rings is 1. The van der Waals surface area contributed by atoms with Gasteiger partial charge in [-0.3, -0.25) is 4.99 Å². The monoisotopic (exact) mass is 291 g/mol. The van der Waals surface area contributed by atoms with Crippen molar-refractivity contribution in [3.63, 3.8) is 0 Å². The van der Waals surface area contributed by atoms with Crippen molar-refractivity contribution in [1.29, 1.82) is 0 Å². The molecule has 1 nitrogen and oxygen atoms in total. The van der Waals surface area contributed by atoms with Crippen molar-refractivity contribution in [3.8, 4) is 0 Å². The zero-order valence-corrected chi connectivity index (χ0v) is 14.5. The minimum absolute atomic E-state index is 0.222. The summed E-state index contributed by atoms with van der Waals surface area (Å²) in [5.41, 5.74) is 4.00. The van der Waals surface area contributed by atoms with Gasteiger partial charge in [-0.05, 0) is 35.6 Å². The highest BCUT2D eigenvalue weighted by molar-refractivity contribution is 7.99. The van der Waals surface area contributed by atoms with E-state index in [2.05, 4.69) is 63.9 Å². The second-order valence-electron chi connectivity index (χ2n) is 6.26. The first kappa shape index (κ1) is 17.3. The van der Waals surface area contributed by atoms with E-state index in [-0.39, 0.29) is 5.41 Å². The first-order chi connectivity index (χ1) is 9.45. The van der Waals surface area contributed by atoms with Gasteiger partial charge in [-0.25, -0.2) is 0 Å². The molecule has 0 fully saturated rings. The average Bonchev–Trinajstić information content (AvgIpc) is 2.41. The molecule has 1 aromatic carbocycles. The van der Waals surface area contributed by atoms with Crippen LogP contribution in [0.15, 0.2) is 29.3 Å². The van der Waals surface area contributed by atoms with Crippen LogP contribution in [0, 0.1) is 0 Å². The number of rotatable bonds is 7. The molecule has 0 aromatic heterocycles. The summed E-state index contributed by atoms with van der Waals surface area (Å²) in [5, 5.41) is 0. The van der Waals surface area contributed by atoms with Crippen LogP contribution in [0.5, 0.6) is 0 Å². The lowest BCUT2D eigenvalue weighted by Crippen LogP contribution is -2.11. The standard InChI is InChI=1S/C18H29NS/c1-6-7-13-20-14-12-19-15(2)16-8-10-17(11-9-16)18(3,4)5/h8-11H,6-7,12-14H2,1-5H3. The summed E-state index contributed by atoms with van der Waals surface area (Å²) in [6, 6.07) is 8.85. The van der Waals surface area contributed by atoms with E-state index in [0.717, 1.165) is 18.0 Å². The van der Waals surface area contributed by atoms with Crippen molar-refractivity contribution in [1.82, 2.24) is 0 Å². The highest BCUT2D eigenvalue weighted by atomic mass is 32.2. The van der Waals surface area contributed by atoms with E-state index >= 15 is 0 Å². The molecule has 1 rings (SSSR count). The number of aliphatic imine (C=N–C) groups is 1. The number of nitrogens with zero attached hydrogens (tertiary/aromatic N) is 1. The fraction of sp³-hybridized carbons (Fsp3) is 0.611.